The maximum absolute atomic E-state index is 5.56. The summed E-state index contributed by atoms with van der Waals surface area (Å²) < 4.78 is 5.56. The molecular weight excluding hydrogens is 260 g/mol. The fraction of sp³-hybridized carbons (Fsp3) is 0.667. The van der Waals surface area contributed by atoms with Crippen LogP contribution in [0.4, 0.5) is 0 Å². The molecule has 0 amide bonds. The summed E-state index contributed by atoms with van der Waals surface area (Å²) in [5.74, 6) is 0. The molecule has 0 bridgehead atoms. The highest BCUT2D eigenvalue weighted by Crippen LogP contribution is 2.17. The van der Waals surface area contributed by atoms with E-state index in [2.05, 4.69) is 48.3 Å². The molecule has 118 valence electrons. The van der Waals surface area contributed by atoms with Crippen molar-refractivity contribution in [1.82, 2.24) is 10.2 Å². The van der Waals surface area contributed by atoms with Crippen LogP contribution in [0.2, 0.25) is 0 Å². The number of benzene rings is 1. The van der Waals surface area contributed by atoms with Gasteiger partial charge in [-0.15, -0.1) is 0 Å². The highest BCUT2D eigenvalue weighted by atomic mass is 16.5. The van der Waals surface area contributed by atoms with E-state index in [-0.39, 0.29) is 0 Å². The molecule has 3 heteroatoms. The van der Waals surface area contributed by atoms with Crippen molar-refractivity contribution in [3.63, 3.8) is 0 Å². The fourth-order valence-electron chi connectivity index (χ4n) is 2.83. The third-order valence-corrected chi connectivity index (χ3v) is 4.19. The van der Waals surface area contributed by atoms with E-state index in [9.17, 15) is 0 Å². The normalized spacial score (nSPS) is 18.4. The lowest BCUT2D eigenvalue weighted by atomic mass is 10.0. The van der Waals surface area contributed by atoms with Crippen LogP contribution in [0.25, 0.3) is 0 Å². The van der Waals surface area contributed by atoms with Gasteiger partial charge < -0.3 is 10.1 Å². The molecule has 3 nitrogen and oxygen atoms in total. The van der Waals surface area contributed by atoms with Gasteiger partial charge in [0.15, 0.2) is 0 Å². The third-order valence-electron chi connectivity index (χ3n) is 4.19. The smallest absolute Gasteiger partial charge is 0.0593 e. The Balaban J connectivity index is 2.01. The highest BCUT2D eigenvalue weighted by molar-refractivity contribution is 5.25. The third kappa shape index (κ3) is 5.42. The molecule has 1 aromatic carbocycles. The lowest BCUT2D eigenvalue weighted by Gasteiger charge is -2.27. The summed E-state index contributed by atoms with van der Waals surface area (Å²) in [5.41, 5.74) is 2.82. The van der Waals surface area contributed by atoms with Gasteiger partial charge in [-0.1, -0.05) is 38.1 Å². The largest absolute Gasteiger partial charge is 0.380 e. The molecule has 0 saturated carbocycles. The van der Waals surface area contributed by atoms with Gasteiger partial charge in [0.05, 0.1) is 6.61 Å². The van der Waals surface area contributed by atoms with E-state index >= 15 is 0 Å². The molecule has 0 aromatic heterocycles. The van der Waals surface area contributed by atoms with Crippen molar-refractivity contribution < 1.29 is 4.74 Å². The van der Waals surface area contributed by atoms with Crippen LogP contribution >= 0.6 is 0 Å². The number of hydrogen-bond donors (Lipinski definition) is 1. The Morgan fingerprint density at radius 3 is 2.67 bits per heavy atom. The lowest BCUT2D eigenvalue weighted by molar-refractivity contribution is 0.139. The summed E-state index contributed by atoms with van der Waals surface area (Å²) in [6.07, 6.45) is 3.43. The average molecular weight is 290 g/mol. The molecule has 1 saturated heterocycles. The van der Waals surface area contributed by atoms with Gasteiger partial charge in [0, 0.05) is 32.3 Å². The number of hydrogen-bond acceptors (Lipinski definition) is 3. The van der Waals surface area contributed by atoms with Crippen LogP contribution in [-0.4, -0.2) is 44.3 Å². The zero-order chi connectivity index (χ0) is 14.9. The van der Waals surface area contributed by atoms with Gasteiger partial charge in [-0.3, -0.25) is 4.90 Å². The lowest BCUT2D eigenvalue weighted by Crippen LogP contribution is -2.37. The first-order chi connectivity index (χ1) is 10.3. The molecule has 1 N–H and O–H groups in total. The molecule has 0 aliphatic carbocycles. The van der Waals surface area contributed by atoms with Crippen molar-refractivity contribution in [2.75, 3.05) is 39.4 Å². The monoisotopic (exact) mass is 290 g/mol. The molecule has 21 heavy (non-hydrogen) atoms. The maximum Gasteiger partial charge on any atom is 0.0593 e. The summed E-state index contributed by atoms with van der Waals surface area (Å²) in [7, 11) is 0. The van der Waals surface area contributed by atoms with Crippen molar-refractivity contribution in [2.45, 2.75) is 39.2 Å². The molecule has 1 aromatic rings. The molecule has 1 heterocycles. The topological polar surface area (TPSA) is 24.5 Å². The SMILES string of the molecule is CCCNC(CN1CCCOCC1)c1ccc(CC)cc1. The van der Waals surface area contributed by atoms with E-state index in [0.717, 1.165) is 52.2 Å². The van der Waals surface area contributed by atoms with E-state index in [4.69, 9.17) is 4.74 Å². The Bertz CT molecular complexity index is 383. The van der Waals surface area contributed by atoms with E-state index in [1.54, 1.807) is 0 Å². The fourth-order valence-corrected chi connectivity index (χ4v) is 2.83. The van der Waals surface area contributed by atoms with Crippen molar-refractivity contribution in [2.24, 2.45) is 0 Å². The van der Waals surface area contributed by atoms with Gasteiger partial charge in [0.2, 0.25) is 0 Å². The maximum atomic E-state index is 5.56. The molecule has 0 radical (unpaired) electrons. The number of ether oxygens (including phenoxy) is 1. The van der Waals surface area contributed by atoms with Gasteiger partial charge in [-0.25, -0.2) is 0 Å². The minimum atomic E-state index is 0.425. The van der Waals surface area contributed by atoms with Crippen molar-refractivity contribution in [1.29, 1.82) is 0 Å². The van der Waals surface area contributed by atoms with Crippen LogP contribution < -0.4 is 5.32 Å². The Hall–Kier alpha value is -0.900. The Morgan fingerprint density at radius 1 is 1.14 bits per heavy atom. The Labute approximate surface area is 129 Å². The second-order valence-electron chi connectivity index (χ2n) is 5.87. The van der Waals surface area contributed by atoms with E-state index < -0.39 is 0 Å². The first-order valence-corrected chi connectivity index (χ1v) is 8.45. The quantitative estimate of drug-likeness (QED) is 0.835. The van der Waals surface area contributed by atoms with E-state index in [1.165, 1.54) is 17.5 Å². The zero-order valence-electron chi connectivity index (χ0n) is 13.6. The molecule has 1 fully saturated rings. The first-order valence-electron chi connectivity index (χ1n) is 8.45. The molecular formula is C18H30N2O. The minimum Gasteiger partial charge on any atom is -0.380 e. The summed E-state index contributed by atoms with van der Waals surface area (Å²) in [6, 6.07) is 9.54. The average Bonchev–Trinajstić information content (AvgIpc) is 2.80. The van der Waals surface area contributed by atoms with Crippen molar-refractivity contribution >= 4 is 0 Å². The first kappa shape index (κ1) is 16.5. The highest BCUT2D eigenvalue weighted by Gasteiger charge is 2.17. The Kier molecular flexibility index (Phi) is 7.20. The minimum absolute atomic E-state index is 0.425. The number of rotatable bonds is 7. The number of nitrogens with one attached hydrogen (secondary N) is 1. The van der Waals surface area contributed by atoms with Crippen LogP contribution in [0.3, 0.4) is 0 Å². The number of nitrogens with zero attached hydrogens (tertiary/aromatic N) is 1. The second kappa shape index (κ2) is 9.19. The second-order valence-corrected chi connectivity index (χ2v) is 5.87. The summed E-state index contributed by atoms with van der Waals surface area (Å²) >= 11 is 0. The van der Waals surface area contributed by atoms with Crippen LogP contribution in [0.15, 0.2) is 24.3 Å². The van der Waals surface area contributed by atoms with E-state index in [0.29, 0.717) is 6.04 Å². The standard InChI is InChI=1S/C18H30N2O/c1-3-10-19-18(15-20-11-5-13-21-14-12-20)17-8-6-16(4-2)7-9-17/h6-9,18-19H,3-5,10-15H2,1-2H3. The summed E-state index contributed by atoms with van der Waals surface area (Å²) in [4.78, 5) is 2.54. The summed E-state index contributed by atoms with van der Waals surface area (Å²) in [5, 5.41) is 3.71. The van der Waals surface area contributed by atoms with Crippen molar-refractivity contribution in [3.05, 3.63) is 35.4 Å². The summed E-state index contributed by atoms with van der Waals surface area (Å²) in [6.45, 7) is 10.6. The van der Waals surface area contributed by atoms with Crippen LogP contribution in [0, 0.1) is 0 Å². The predicted molar refractivity (Wildman–Crippen MR) is 88.7 cm³/mol. The predicted octanol–water partition coefficient (Wildman–Crippen LogP) is 3.01. The molecule has 1 aliphatic heterocycles. The molecule has 1 unspecified atom stereocenters. The van der Waals surface area contributed by atoms with Gasteiger partial charge >= 0.3 is 0 Å². The van der Waals surface area contributed by atoms with Gasteiger partial charge in [-0.2, -0.15) is 0 Å². The van der Waals surface area contributed by atoms with Gasteiger partial charge in [0.25, 0.3) is 0 Å². The molecule has 1 aliphatic rings. The molecule has 2 rings (SSSR count). The van der Waals surface area contributed by atoms with Gasteiger partial charge in [0.1, 0.15) is 0 Å². The number of aryl methyl sites for hydroxylation is 1. The molecule has 0 spiro atoms. The Morgan fingerprint density at radius 2 is 1.95 bits per heavy atom. The van der Waals surface area contributed by atoms with Crippen LogP contribution in [0.1, 0.15) is 43.9 Å². The van der Waals surface area contributed by atoms with Crippen molar-refractivity contribution in [3.8, 4) is 0 Å². The van der Waals surface area contributed by atoms with Crippen LogP contribution in [-0.2, 0) is 11.2 Å². The molecule has 1 atom stereocenters. The van der Waals surface area contributed by atoms with Crippen LogP contribution in [0.5, 0.6) is 0 Å². The zero-order valence-corrected chi connectivity index (χ0v) is 13.6. The van der Waals surface area contributed by atoms with Gasteiger partial charge in [-0.05, 0) is 36.9 Å². The van der Waals surface area contributed by atoms with E-state index in [1.807, 2.05) is 0 Å².